The molecular formula is C25H26O2. The summed E-state index contributed by atoms with van der Waals surface area (Å²) < 4.78 is 0. The lowest BCUT2D eigenvalue weighted by Crippen LogP contribution is -2.00. The van der Waals surface area contributed by atoms with E-state index in [4.69, 9.17) is 0 Å². The van der Waals surface area contributed by atoms with Gasteiger partial charge < -0.3 is 5.11 Å². The monoisotopic (exact) mass is 358 g/mol. The second kappa shape index (κ2) is 10.9. The first kappa shape index (κ1) is 20.3. The number of carbonyl (C=O) groups is 1. The quantitative estimate of drug-likeness (QED) is 0.498. The summed E-state index contributed by atoms with van der Waals surface area (Å²) in [5.74, 6) is 11.6. The Bertz CT molecular complexity index is 901. The summed E-state index contributed by atoms with van der Waals surface area (Å²) in [6.45, 7) is 4.27. The number of hydrogen-bond acceptors (Lipinski definition) is 1. The topological polar surface area (TPSA) is 37.3 Å². The van der Waals surface area contributed by atoms with Crippen molar-refractivity contribution in [2.24, 2.45) is 0 Å². The average molecular weight is 358 g/mol. The number of hydrogen-bond donors (Lipinski definition) is 1. The van der Waals surface area contributed by atoms with E-state index in [1.807, 2.05) is 36.4 Å². The lowest BCUT2D eigenvalue weighted by atomic mass is 9.98. The highest BCUT2D eigenvalue weighted by Crippen LogP contribution is 2.23. The molecule has 0 atom stereocenters. The predicted octanol–water partition coefficient (Wildman–Crippen LogP) is 6.14. The maximum absolute atomic E-state index is 11.5. The Morgan fingerprint density at radius 1 is 0.889 bits per heavy atom. The number of carboxylic acids is 1. The molecule has 2 aromatic carbocycles. The average Bonchev–Trinajstić information content (AvgIpc) is 2.68. The van der Waals surface area contributed by atoms with Gasteiger partial charge in [-0.1, -0.05) is 68.6 Å². The van der Waals surface area contributed by atoms with E-state index in [2.05, 4.69) is 37.5 Å². The Morgan fingerprint density at radius 2 is 1.56 bits per heavy atom. The van der Waals surface area contributed by atoms with Crippen molar-refractivity contribution in [3.05, 3.63) is 59.2 Å². The van der Waals surface area contributed by atoms with E-state index < -0.39 is 5.97 Å². The summed E-state index contributed by atoms with van der Waals surface area (Å²) in [5, 5.41) is 9.43. The van der Waals surface area contributed by atoms with Gasteiger partial charge >= 0.3 is 5.97 Å². The predicted molar refractivity (Wildman–Crippen MR) is 112 cm³/mol. The van der Waals surface area contributed by atoms with Gasteiger partial charge in [0.15, 0.2) is 0 Å². The molecule has 0 unspecified atom stereocenters. The lowest BCUT2D eigenvalue weighted by Gasteiger charge is -2.06. The Morgan fingerprint density at radius 3 is 2.22 bits per heavy atom. The van der Waals surface area contributed by atoms with Crippen molar-refractivity contribution in [2.45, 2.75) is 52.4 Å². The van der Waals surface area contributed by atoms with Crippen LogP contribution in [0.2, 0.25) is 0 Å². The number of benzene rings is 2. The minimum Gasteiger partial charge on any atom is -0.478 e. The highest BCUT2D eigenvalue weighted by molar-refractivity contribution is 5.91. The van der Waals surface area contributed by atoms with Gasteiger partial charge in [0.05, 0.1) is 5.56 Å². The van der Waals surface area contributed by atoms with Crippen LogP contribution in [0, 0.1) is 23.7 Å². The molecule has 2 nitrogen and oxygen atoms in total. The Kier molecular flexibility index (Phi) is 8.21. The fourth-order valence-electron chi connectivity index (χ4n) is 2.64. The highest BCUT2D eigenvalue weighted by atomic mass is 16.4. The van der Waals surface area contributed by atoms with Crippen molar-refractivity contribution in [2.75, 3.05) is 0 Å². The molecular weight excluding hydrogens is 332 g/mol. The lowest BCUT2D eigenvalue weighted by molar-refractivity contribution is 0.0696. The molecule has 2 rings (SSSR count). The van der Waals surface area contributed by atoms with Gasteiger partial charge in [0.1, 0.15) is 0 Å². The molecule has 2 aromatic rings. The Hall–Kier alpha value is -2.97. The standard InChI is InChI=1S/C25H26O2/c1-3-5-7-9-12-20-13-11-15-21(18-20)22-16-17-24(25(26)27)23(19-22)14-10-8-6-4-2/h11,13,15-19H,3-8H2,1-2H3,(H,26,27). The third kappa shape index (κ3) is 6.36. The van der Waals surface area contributed by atoms with Crippen molar-refractivity contribution in [3.63, 3.8) is 0 Å². The number of unbranched alkanes of at least 4 members (excludes halogenated alkanes) is 4. The Balaban J connectivity index is 2.33. The van der Waals surface area contributed by atoms with Crippen LogP contribution in [0.15, 0.2) is 42.5 Å². The van der Waals surface area contributed by atoms with Crippen LogP contribution in [0.25, 0.3) is 11.1 Å². The van der Waals surface area contributed by atoms with Crippen molar-refractivity contribution < 1.29 is 9.90 Å². The van der Waals surface area contributed by atoms with E-state index in [1.54, 1.807) is 6.07 Å². The number of carboxylic acid groups (broad SMARTS) is 1. The van der Waals surface area contributed by atoms with Crippen LogP contribution in [0.4, 0.5) is 0 Å². The van der Waals surface area contributed by atoms with Crippen LogP contribution in [0.1, 0.15) is 73.9 Å². The maximum Gasteiger partial charge on any atom is 0.336 e. The van der Waals surface area contributed by atoms with Gasteiger partial charge in [-0.2, -0.15) is 0 Å². The highest BCUT2D eigenvalue weighted by Gasteiger charge is 2.10. The molecule has 2 heteroatoms. The van der Waals surface area contributed by atoms with Crippen LogP contribution in [0.3, 0.4) is 0 Å². The molecule has 0 saturated heterocycles. The van der Waals surface area contributed by atoms with Crippen molar-refractivity contribution >= 4 is 5.97 Å². The number of rotatable bonds is 6. The minimum atomic E-state index is -0.947. The molecule has 27 heavy (non-hydrogen) atoms. The molecule has 0 aliphatic heterocycles. The van der Waals surface area contributed by atoms with Gasteiger partial charge in [-0.15, -0.1) is 0 Å². The summed E-state index contributed by atoms with van der Waals surface area (Å²) in [4.78, 5) is 11.5. The van der Waals surface area contributed by atoms with Crippen LogP contribution < -0.4 is 0 Å². The molecule has 0 heterocycles. The summed E-state index contributed by atoms with van der Waals surface area (Å²) >= 11 is 0. The largest absolute Gasteiger partial charge is 0.478 e. The van der Waals surface area contributed by atoms with E-state index in [1.165, 1.54) is 0 Å². The Labute approximate surface area is 162 Å². The normalized spacial score (nSPS) is 9.70. The smallest absolute Gasteiger partial charge is 0.336 e. The van der Waals surface area contributed by atoms with E-state index in [9.17, 15) is 9.90 Å². The molecule has 0 amide bonds. The maximum atomic E-state index is 11.5. The SMILES string of the molecule is CCCCC#Cc1cccc(-c2ccc(C(=O)O)c(C#CCCCC)c2)c1. The third-order valence-corrected chi connectivity index (χ3v) is 4.21. The van der Waals surface area contributed by atoms with E-state index >= 15 is 0 Å². The molecule has 0 spiro atoms. The van der Waals surface area contributed by atoms with E-state index in [-0.39, 0.29) is 5.56 Å². The van der Waals surface area contributed by atoms with Crippen molar-refractivity contribution in [1.82, 2.24) is 0 Å². The molecule has 0 aliphatic rings. The van der Waals surface area contributed by atoms with E-state index in [0.29, 0.717) is 5.56 Å². The van der Waals surface area contributed by atoms with Gasteiger partial charge in [-0.05, 0) is 48.2 Å². The molecule has 0 fully saturated rings. The first-order chi connectivity index (χ1) is 13.2. The molecule has 0 radical (unpaired) electrons. The summed E-state index contributed by atoms with van der Waals surface area (Å²) in [5.41, 5.74) is 3.76. The molecule has 0 saturated carbocycles. The molecule has 0 aliphatic carbocycles. The van der Waals surface area contributed by atoms with Gasteiger partial charge in [-0.3, -0.25) is 0 Å². The zero-order valence-corrected chi connectivity index (χ0v) is 16.1. The molecule has 0 aromatic heterocycles. The fourth-order valence-corrected chi connectivity index (χ4v) is 2.64. The van der Waals surface area contributed by atoms with Gasteiger partial charge in [0, 0.05) is 24.0 Å². The summed E-state index contributed by atoms with van der Waals surface area (Å²) in [7, 11) is 0. The third-order valence-electron chi connectivity index (χ3n) is 4.21. The first-order valence-corrected chi connectivity index (χ1v) is 9.61. The van der Waals surface area contributed by atoms with Crippen LogP contribution >= 0.6 is 0 Å². The zero-order chi connectivity index (χ0) is 19.5. The second-order valence-corrected chi connectivity index (χ2v) is 6.46. The fraction of sp³-hybridized carbons (Fsp3) is 0.320. The molecule has 138 valence electrons. The van der Waals surface area contributed by atoms with Crippen molar-refractivity contribution in [1.29, 1.82) is 0 Å². The first-order valence-electron chi connectivity index (χ1n) is 9.61. The van der Waals surface area contributed by atoms with Gasteiger partial charge in [0.2, 0.25) is 0 Å². The van der Waals surface area contributed by atoms with E-state index in [0.717, 1.165) is 55.2 Å². The second-order valence-electron chi connectivity index (χ2n) is 6.46. The molecule has 0 bridgehead atoms. The summed E-state index contributed by atoms with van der Waals surface area (Å²) in [6.07, 6.45) is 6.05. The van der Waals surface area contributed by atoms with Crippen LogP contribution in [0.5, 0.6) is 0 Å². The number of aromatic carboxylic acids is 1. The summed E-state index contributed by atoms with van der Waals surface area (Å²) in [6, 6.07) is 13.4. The van der Waals surface area contributed by atoms with Crippen LogP contribution in [-0.4, -0.2) is 11.1 Å². The van der Waals surface area contributed by atoms with Crippen molar-refractivity contribution in [3.8, 4) is 34.8 Å². The minimum absolute atomic E-state index is 0.248. The van der Waals surface area contributed by atoms with Crippen LogP contribution in [-0.2, 0) is 0 Å². The zero-order valence-electron chi connectivity index (χ0n) is 16.1. The van der Waals surface area contributed by atoms with Gasteiger partial charge in [-0.25, -0.2) is 4.79 Å². The van der Waals surface area contributed by atoms with Gasteiger partial charge in [0.25, 0.3) is 0 Å². The molecule has 1 N–H and O–H groups in total.